The first kappa shape index (κ1) is 12.1. The highest BCUT2D eigenvalue weighted by Gasteiger charge is 2.24. The molecule has 3 heteroatoms. The molecule has 0 saturated carbocycles. The van der Waals surface area contributed by atoms with Crippen molar-refractivity contribution in [2.24, 2.45) is 0 Å². The van der Waals surface area contributed by atoms with Crippen LogP contribution < -0.4 is 10.1 Å². The molecule has 1 aliphatic heterocycles. The number of hydrogen-bond acceptors (Lipinski definition) is 3. The van der Waals surface area contributed by atoms with E-state index in [0.29, 0.717) is 0 Å². The molecule has 1 saturated heterocycles. The van der Waals surface area contributed by atoms with E-state index in [-0.39, 0.29) is 11.8 Å². The number of rotatable bonds is 3. The average Bonchev–Trinajstić information content (AvgIpc) is 2.81. The van der Waals surface area contributed by atoms with Gasteiger partial charge >= 0.3 is 0 Å². The molecule has 3 nitrogen and oxygen atoms in total. The van der Waals surface area contributed by atoms with E-state index in [9.17, 15) is 4.79 Å². The minimum atomic E-state index is 0.00203. The van der Waals surface area contributed by atoms with Crippen LogP contribution in [0.3, 0.4) is 0 Å². The summed E-state index contributed by atoms with van der Waals surface area (Å²) >= 11 is 0. The first-order valence-corrected chi connectivity index (χ1v) is 6.06. The maximum atomic E-state index is 12.2. The van der Waals surface area contributed by atoms with Crippen molar-refractivity contribution in [1.29, 1.82) is 0 Å². The molecule has 0 radical (unpaired) electrons. The van der Waals surface area contributed by atoms with Gasteiger partial charge in [0, 0.05) is 5.56 Å². The zero-order valence-corrected chi connectivity index (χ0v) is 10.7. The van der Waals surface area contributed by atoms with Crippen molar-refractivity contribution in [2.45, 2.75) is 32.7 Å². The summed E-state index contributed by atoms with van der Waals surface area (Å²) in [7, 11) is 1.66. The minimum Gasteiger partial charge on any atom is -0.496 e. The van der Waals surface area contributed by atoms with Gasteiger partial charge in [-0.05, 0) is 56.5 Å². The standard InChI is InChI=1S/C14H19NO2/c1-9-7-11(8-10(2)14(9)17-3)13(16)12-5-4-6-15-12/h7-8,12,15H,4-6H2,1-3H3. The van der Waals surface area contributed by atoms with Crippen LogP contribution in [0.25, 0.3) is 0 Å². The predicted molar refractivity (Wildman–Crippen MR) is 67.8 cm³/mol. The van der Waals surface area contributed by atoms with E-state index in [1.165, 1.54) is 0 Å². The van der Waals surface area contributed by atoms with Crippen molar-refractivity contribution >= 4 is 5.78 Å². The first-order chi connectivity index (χ1) is 8.13. The molecular weight excluding hydrogens is 214 g/mol. The molecule has 0 aromatic heterocycles. The lowest BCUT2D eigenvalue weighted by Crippen LogP contribution is -2.30. The molecule has 1 atom stereocenters. The van der Waals surface area contributed by atoms with Gasteiger partial charge in [0.15, 0.2) is 5.78 Å². The second-order valence-corrected chi connectivity index (χ2v) is 4.66. The fourth-order valence-corrected chi connectivity index (χ4v) is 2.52. The van der Waals surface area contributed by atoms with E-state index in [2.05, 4.69) is 5.32 Å². The number of benzene rings is 1. The van der Waals surface area contributed by atoms with Crippen molar-refractivity contribution in [2.75, 3.05) is 13.7 Å². The highest BCUT2D eigenvalue weighted by Crippen LogP contribution is 2.25. The zero-order chi connectivity index (χ0) is 12.4. The third-order valence-corrected chi connectivity index (χ3v) is 3.33. The van der Waals surface area contributed by atoms with Gasteiger partial charge in [0.25, 0.3) is 0 Å². The third kappa shape index (κ3) is 2.34. The number of carbonyl (C=O) groups is 1. The molecule has 0 bridgehead atoms. The fourth-order valence-electron chi connectivity index (χ4n) is 2.52. The Balaban J connectivity index is 2.30. The Morgan fingerprint density at radius 2 is 2.00 bits per heavy atom. The minimum absolute atomic E-state index is 0.00203. The molecule has 1 fully saturated rings. The van der Waals surface area contributed by atoms with Crippen LogP contribution in [0.15, 0.2) is 12.1 Å². The van der Waals surface area contributed by atoms with E-state index >= 15 is 0 Å². The molecule has 92 valence electrons. The van der Waals surface area contributed by atoms with Crippen molar-refractivity contribution in [3.8, 4) is 5.75 Å². The number of ketones is 1. The summed E-state index contributed by atoms with van der Waals surface area (Å²) in [6, 6.07) is 3.85. The Hall–Kier alpha value is -1.35. The number of nitrogens with one attached hydrogen (secondary N) is 1. The largest absolute Gasteiger partial charge is 0.496 e. The fraction of sp³-hybridized carbons (Fsp3) is 0.500. The summed E-state index contributed by atoms with van der Waals surface area (Å²) in [5, 5.41) is 3.24. The smallest absolute Gasteiger partial charge is 0.179 e. The Morgan fingerprint density at radius 3 is 2.47 bits per heavy atom. The van der Waals surface area contributed by atoms with Crippen molar-refractivity contribution in [3.63, 3.8) is 0 Å². The van der Waals surface area contributed by atoms with Gasteiger partial charge < -0.3 is 10.1 Å². The van der Waals surface area contributed by atoms with E-state index < -0.39 is 0 Å². The lowest BCUT2D eigenvalue weighted by molar-refractivity contribution is 0.0952. The summed E-state index contributed by atoms with van der Waals surface area (Å²) in [5.74, 6) is 1.08. The number of Topliss-reactive ketones (excluding diaryl/α,β-unsaturated/α-hetero) is 1. The highest BCUT2D eigenvalue weighted by molar-refractivity contribution is 6.00. The molecule has 2 rings (SSSR count). The number of aryl methyl sites for hydroxylation is 2. The van der Waals surface area contributed by atoms with Gasteiger partial charge in [0.05, 0.1) is 13.2 Å². The number of ether oxygens (including phenoxy) is 1. The van der Waals surface area contributed by atoms with Crippen LogP contribution in [0, 0.1) is 13.8 Å². The molecule has 0 spiro atoms. The number of hydrogen-bond donors (Lipinski definition) is 1. The van der Waals surface area contributed by atoms with Gasteiger partial charge in [-0.25, -0.2) is 0 Å². The predicted octanol–water partition coefficient (Wildman–Crippen LogP) is 2.25. The first-order valence-electron chi connectivity index (χ1n) is 6.06. The molecule has 1 aromatic carbocycles. The van der Waals surface area contributed by atoms with E-state index in [0.717, 1.165) is 41.8 Å². The van der Waals surface area contributed by atoms with Crippen LogP contribution in [0.1, 0.15) is 34.3 Å². The van der Waals surface area contributed by atoms with Gasteiger partial charge in [0.2, 0.25) is 0 Å². The van der Waals surface area contributed by atoms with Crippen LogP contribution >= 0.6 is 0 Å². The molecule has 17 heavy (non-hydrogen) atoms. The van der Waals surface area contributed by atoms with Crippen LogP contribution in [-0.4, -0.2) is 25.5 Å². The quantitative estimate of drug-likeness (QED) is 0.814. The van der Waals surface area contributed by atoms with Gasteiger partial charge in [0.1, 0.15) is 5.75 Å². The van der Waals surface area contributed by atoms with Gasteiger partial charge in [-0.2, -0.15) is 0 Å². The van der Waals surface area contributed by atoms with E-state index in [1.807, 2.05) is 26.0 Å². The molecule has 1 heterocycles. The molecule has 0 amide bonds. The topological polar surface area (TPSA) is 38.3 Å². The Kier molecular flexibility index (Phi) is 3.48. The van der Waals surface area contributed by atoms with Crippen LogP contribution in [-0.2, 0) is 0 Å². The maximum Gasteiger partial charge on any atom is 0.179 e. The Bertz CT molecular complexity index is 411. The summed E-state index contributed by atoms with van der Waals surface area (Å²) in [6.07, 6.45) is 2.04. The zero-order valence-electron chi connectivity index (χ0n) is 10.7. The Morgan fingerprint density at radius 1 is 1.35 bits per heavy atom. The molecule has 1 aliphatic rings. The van der Waals surface area contributed by atoms with Crippen molar-refractivity contribution < 1.29 is 9.53 Å². The number of carbonyl (C=O) groups excluding carboxylic acids is 1. The van der Waals surface area contributed by atoms with Crippen molar-refractivity contribution in [1.82, 2.24) is 5.32 Å². The number of methoxy groups -OCH3 is 1. The van der Waals surface area contributed by atoms with Gasteiger partial charge in [-0.1, -0.05) is 0 Å². The summed E-state index contributed by atoms with van der Waals surface area (Å²) in [5.41, 5.74) is 2.84. The summed E-state index contributed by atoms with van der Waals surface area (Å²) in [6.45, 7) is 4.90. The highest BCUT2D eigenvalue weighted by atomic mass is 16.5. The molecule has 1 N–H and O–H groups in total. The second kappa shape index (κ2) is 4.88. The lowest BCUT2D eigenvalue weighted by atomic mass is 9.98. The van der Waals surface area contributed by atoms with Crippen molar-refractivity contribution in [3.05, 3.63) is 28.8 Å². The lowest BCUT2D eigenvalue weighted by Gasteiger charge is -2.13. The van der Waals surface area contributed by atoms with Crippen LogP contribution in [0.4, 0.5) is 0 Å². The SMILES string of the molecule is COc1c(C)cc(C(=O)C2CCCN2)cc1C. The normalized spacial score (nSPS) is 19.4. The molecule has 1 aromatic rings. The van der Waals surface area contributed by atoms with Crippen LogP contribution in [0.2, 0.25) is 0 Å². The Labute approximate surface area is 102 Å². The second-order valence-electron chi connectivity index (χ2n) is 4.66. The average molecular weight is 233 g/mol. The summed E-state index contributed by atoms with van der Waals surface area (Å²) in [4.78, 5) is 12.2. The molecule has 0 aliphatic carbocycles. The molecular formula is C14H19NO2. The van der Waals surface area contributed by atoms with E-state index in [4.69, 9.17) is 4.74 Å². The summed E-state index contributed by atoms with van der Waals surface area (Å²) < 4.78 is 5.31. The maximum absolute atomic E-state index is 12.2. The van der Waals surface area contributed by atoms with E-state index in [1.54, 1.807) is 7.11 Å². The van der Waals surface area contributed by atoms with Gasteiger partial charge in [-0.3, -0.25) is 4.79 Å². The third-order valence-electron chi connectivity index (χ3n) is 3.33. The molecule has 1 unspecified atom stereocenters. The monoisotopic (exact) mass is 233 g/mol. The van der Waals surface area contributed by atoms with Crippen LogP contribution in [0.5, 0.6) is 5.75 Å². The van der Waals surface area contributed by atoms with Gasteiger partial charge in [-0.15, -0.1) is 0 Å².